The summed E-state index contributed by atoms with van der Waals surface area (Å²) in [6, 6.07) is 0. The van der Waals surface area contributed by atoms with Crippen molar-refractivity contribution in [1.82, 2.24) is 10.6 Å². The maximum absolute atomic E-state index is 12.2. The molecule has 0 aromatic heterocycles. The van der Waals surface area contributed by atoms with Crippen molar-refractivity contribution in [2.45, 2.75) is 129 Å². The van der Waals surface area contributed by atoms with Gasteiger partial charge in [0.15, 0.2) is 13.1 Å². The van der Waals surface area contributed by atoms with Gasteiger partial charge in [-0.2, -0.15) is 0 Å². The van der Waals surface area contributed by atoms with Gasteiger partial charge in [-0.3, -0.25) is 9.59 Å². The normalized spacial score (nSPS) is 12.1. The molecule has 6 nitrogen and oxygen atoms in total. The van der Waals surface area contributed by atoms with E-state index in [1.807, 2.05) is 0 Å². The van der Waals surface area contributed by atoms with Gasteiger partial charge in [-0.1, -0.05) is 90.9 Å². The number of carbonyl (C=O) groups is 2. The number of nitrogens with zero attached hydrogens (tertiary/aromatic N) is 2. The minimum atomic E-state index is 0.202. The SMILES string of the molecule is CCCCCCNC(=O)C[N+](C)(C)CCCCCCCCCCCC[N+](C)(C)CC(=O)NCCCCCC. The molecule has 0 aliphatic carbocycles. The summed E-state index contributed by atoms with van der Waals surface area (Å²) in [6.07, 6.45) is 22.6. The summed E-state index contributed by atoms with van der Waals surface area (Å²) in [5, 5.41) is 6.19. The first kappa shape index (κ1) is 36.9. The first-order valence-corrected chi connectivity index (χ1v) is 16.3. The third kappa shape index (κ3) is 25.2. The molecule has 0 rings (SSSR count). The smallest absolute Gasteiger partial charge is 0.275 e. The van der Waals surface area contributed by atoms with Crippen LogP contribution in [0.15, 0.2) is 0 Å². The van der Waals surface area contributed by atoms with Crippen LogP contribution in [0.3, 0.4) is 0 Å². The lowest BCUT2D eigenvalue weighted by molar-refractivity contribution is -0.882. The second-order valence-corrected chi connectivity index (χ2v) is 13.0. The Balaban J connectivity index is 3.61. The van der Waals surface area contributed by atoms with Crippen LogP contribution in [-0.2, 0) is 9.59 Å². The summed E-state index contributed by atoms with van der Waals surface area (Å²) < 4.78 is 1.58. The molecule has 0 radical (unpaired) electrons. The molecular formula is C32H68N4O2+2. The van der Waals surface area contributed by atoms with Crippen molar-refractivity contribution in [2.75, 3.05) is 67.5 Å². The maximum atomic E-state index is 12.2. The number of hydrogen-bond donors (Lipinski definition) is 2. The van der Waals surface area contributed by atoms with Gasteiger partial charge in [0.1, 0.15) is 0 Å². The van der Waals surface area contributed by atoms with Crippen LogP contribution in [0.4, 0.5) is 0 Å². The Kier molecular flexibility index (Phi) is 23.0. The van der Waals surface area contributed by atoms with Gasteiger partial charge in [0.25, 0.3) is 11.8 Å². The molecule has 0 aliphatic rings. The molecule has 2 N–H and O–H groups in total. The average Bonchev–Trinajstić information content (AvgIpc) is 2.83. The number of carbonyl (C=O) groups excluding carboxylic acids is 2. The highest BCUT2D eigenvalue weighted by molar-refractivity contribution is 5.77. The molecule has 0 bridgehead atoms. The number of rotatable bonds is 27. The van der Waals surface area contributed by atoms with E-state index in [-0.39, 0.29) is 11.8 Å². The average molecular weight is 541 g/mol. The Labute approximate surface area is 237 Å². The van der Waals surface area contributed by atoms with E-state index in [1.165, 1.54) is 103 Å². The molecule has 0 aliphatic heterocycles. The Morgan fingerprint density at radius 3 is 1.05 bits per heavy atom. The van der Waals surface area contributed by atoms with Crippen LogP contribution in [0.25, 0.3) is 0 Å². The van der Waals surface area contributed by atoms with E-state index in [4.69, 9.17) is 0 Å². The van der Waals surface area contributed by atoms with Gasteiger partial charge in [0.2, 0.25) is 0 Å². The third-order valence-electron chi connectivity index (χ3n) is 7.63. The number of nitrogens with one attached hydrogen (secondary N) is 2. The largest absolute Gasteiger partial charge is 0.351 e. The van der Waals surface area contributed by atoms with Crippen LogP contribution >= 0.6 is 0 Å². The zero-order valence-electron chi connectivity index (χ0n) is 26.7. The van der Waals surface area contributed by atoms with E-state index in [9.17, 15) is 9.59 Å². The maximum Gasteiger partial charge on any atom is 0.275 e. The summed E-state index contributed by atoms with van der Waals surface area (Å²) in [4.78, 5) is 24.4. The molecule has 0 heterocycles. The highest BCUT2D eigenvalue weighted by atomic mass is 16.2. The molecule has 0 spiro atoms. The van der Waals surface area contributed by atoms with Gasteiger partial charge in [0, 0.05) is 13.1 Å². The van der Waals surface area contributed by atoms with E-state index in [2.05, 4.69) is 52.7 Å². The molecule has 0 saturated carbocycles. The number of amides is 2. The number of unbranched alkanes of at least 4 members (excludes halogenated alkanes) is 15. The lowest BCUT2D eigenvalue weighted by Gasteiger charge is -2.29. The number of hydrogen-bond acceptors (Lipinski definition) is 2. The highest BCUT2D eigenvalue weighted by Crippen LogP contribution is 2.13. The Bertz CT molecular complexity index is 528. The molecule has 0 atom stereocenters. The molecule has 226 valence electrons. The van der Waals surface area contributed by atoms with Crippen molar-refractivity contribution in [1.29, 1.82) is 0 Å². The van der Waals surface area contributed by atoms with Crippen LogP contribution in [0, 0.1) is 0 Å². The lowest BCUT2D eigenvalue weighted by atomic mass is 10.1. The molecule has 0 aromatic carbocycles. The third-order valence-corrected chi connectivity index (χ3v) is 7.63. The summed E-state index contributed by atoms with van der Waals surface area (Å²) in [5.41, 5.74) is 0. The molecular weight excluding hydrogens is 472 g/mol. The van der Waals surface area contributed by atoms with Crippen molar-refractivity contribution in [3.8, 4) is 0 Å². The van der Waals surface area contributed by atoms with Crippen LogP contribution in [0.5, 0.6) is 0 Å². The van der Waals surface area contributed by atoms with Crippen LogP contribution in [0.2, 0.25) is 0 Å². The Morgan fingerprint density at radius 2 is 0.737 bits per heavy atom. The molecule has 0 unspecified atom stereocenters. The second kappa shape index (κ2) is 23.7. The lowest BCUT2D eigenvalue weighted by Crippen LogP contribution is -2.48. The van der Waals surface area contributed by atoms with Gasteiger partial charge >= 0.3 is 0 Å². The summed E-state index contributed by atoms with van der Waals surface area (Å²) in [5.74, 6) is 0.403. The van der Waals surface area contributed by atoms with Gasteiger partial charge < -0.3 is 19.6 Å². The summed E-state index contributed by atoms with van der Waals surface area (Å²) >= 11 is 0. The minimum absolute atomic E-state index is 0.202. The van der Waals surface area contributed by atoms with Crippen molar-refractivity contribution in [3.05, 3.63) is 0 Å². The van der Waals surface area contributed by atoms with Gasteiger partial charge in [-0.15, -0.1) is 0 Å². The Hall–Kier alpha value is -1.14. The Morgan fingerprint density at radius 1 is 0.447 bits per heavy atom. The fourth-order valence-corrected chi connectivity index (χ4v) is 5.10. The predicted octanol–water partition coefficient (Wildman–Crippen LogP) is 6.43. The van der Waals surface area contributed by atoms with Crippen molar-refractivity contribution in [2.24, 2.45) is 0 Å². The minimum Gasteiger partial charge on any atom is -0.351 e. The van der Waals surface area contributed by atoms with E-state index < -0.39 is 0 Å². The van der Waals surface area contributed by atoms with Crippen molar-refractivity contribution in [3.63, 3.8) is 0 Å². The van der Waals surface area contributed by atoms with E-state index in [1.54, 1.807) is 0 Å². The topological polar surface area (TPSA) is 58.2 Å². The monoisotopic (exact) mass is 541 g/mol. The summed E-state index contributed by atoms with van der Waals surface area (Å²) in [7, 11) is 8.73. The van der Waals surface area contributed by atoms with Crippen LogP contribution in [-0.4, -0.2) is 88.2 Å². The second-order valence-electron chi connectivity index (χ2n) is 13.0. The van der Waals surface area contributed by atoms with E-state index in [0.29, 0.717) is 13.1 Å². The molecule has 0 fully saturated rings. The molecule has 6 heteroatoms. The standard InChI is InChI=1S/C32H66N4O2/c1-7-9-11-21-25-33-31(37)29-35(3,4)27-23-19-17-15-13-14-16-18-20-24-28-36(5,6)30-32(38)34-26-22-12-10-8-2/h7-30H2,1-6H3/p+2. The van der Waals surface area contributed by atoms with Crippen molar-refractivity contribution < 1.29 is 18.6 Å². The van der Waals surface area contributed by atoms with Gasteiger partial charge in [0.05, 0.1) is 41.3 Å². The number of quaternary nitrogens is 2. The molecule has 0 aromatic rings. The fourth-order valence-electron chi connectivity index (χ4n) is 5.10. The summed E-state index contributed by atoms with van der Waals surface area (Å²) in [6.45, 7) is 9.43. The number of likely N-dealkylation sites (N-methyl/N-ethyl adjacent to an activating group) is 2. The fraction of sp³-hybridized carbons (Fsp3) is 0.938. The van der Waals surface area contributed by atoms with E-state index >= 15 is 0 Å². The first-order chi connectivity index (χ1) is 18.1. The highest BCUT2D eigenvalue weighted by Gasteiger charge is 2.20. The van der Waals surface area contributed by atoms with Crippen LogP contribution < -0.4 is 10.6 Å². The first-order valence-electron chi connectivity index (χ1n) is 16.3. The van der Waals surface area contributed by atoms with Crippen molar-refractivity contribution >= 4 is 11.8 Å². The molecule has 38 heavy (non-hydrogen) atoms. The molecule has 0 saturated heterocycles. The predicted molar refractivity (Wildman–Crippen MR) is 164 cm³/mol. The zero-order chi connectivity index (χ0) is 28.5. The zero-order valence-corrected chi connectivity index (χ0v) is 26.7. The van der Waals surface area contributed by atoms with Crippen LogP contribution in [0.1, 0.15) is 129 Å². The van der Waals surface area contributed by atoms with Gasteiger partial charge in [-0.05, 0) is 38.5 Å². The molecule has 2 amide bonds. The van der Waals surface area contributed by atoms with Gasteiger partial charge in [-0.25, -0.2) is 0 Å². The quantitative estimate of drug-likeness (QED) is 0.0931. The van der Waals surface area contributed by atoms with E-state index in [0.717, 1.165) is 48.0 Å².